The van der Waals surface area contributed by atoms with Crippen molar-refractivity contribution >= 4 is 11.6 Å². The highest BCUT2D eigenvalue weighted by Crippen LogP contribution is 2.25. The molecule has 1 aromatic carbocycles. The van der Waals surface area contributed by atoms with Crippen molar-refractivity contribution in [3.8, 4) is 11.3 Å². The van der Waals surface area contributed by atoms with Crippen molar-refractivity contribution in [1.29, 1.82) is 0 Å². The highest BCUT2D eigenvalue weighted by molar-refractivity contribution is 5.70. The number of aryl methyl sites for hydroxylation is 2. The Morgan fingerprint density at radius 3 is 2.71 bits per heavy atom. The average molecular weight is 280 g/mol. The first-order valence-corrected chi connectivity index (χ1v) is 6.90. The van der Waals surface area contributed by atoms with Gasteiger partial charge in [-0.1, -0.05) is 30.3 Å². The number of benzene rings is 1. The average Bonchev–Trinajstić information content (AvgIpc) is 2.83. The normalized spacial score (nSPS) is 10.9. The summed E-state index contributed by atoms with van der Waals surface area (Å²) in [6.07, 6.45) is 2.52. The minimum Gasteiger partial charge on any atom is -0.481 e. The van der Waals surface area contributed by atoms with E-state index in [0.29, 0.717) is 6.42 Å². The molecule has 4 heteroatoms. The molecule has 106 valence electrons. The van der Waals surface area contributed by atoms with E-state index in [1.165, 1.54) is 0 Å². The Balaban J connectivity index is 2.17. The Labute approximate surface area is 122 Å². The third-order valence-corrected chi connectivity index (χ3v) is 3.50. The smallest absolute Gasteiger partial charge is 0.303 e. The van der Waals surface area contributed by atoms with Crippen LogP contribution in [0.4, 0.5) is 0 Å². The molecule has 1 N–H and O–H groups in total. The highest BCUT2D eigenvalue weighted by atomic mass is 16.4. The summed E-state index contributed by atoms with van der Waals surface area (Å²) in [6.45, 7) is 2.02. The summed E-state index contributed by atoms with van der Waals surface area (Å²) in [7, 11) is 0. The molecular formula is C17H16N2O2. The van der Waals surface area contributed by atoms with Crippen LogP contribution in [0.3, 0.4) is 0 Å². The van der Waals surface area contributed by atoms with Crippen LogP contribution in [-0.4, -0.2) is 20.5 Å². The quantitative estimate of drug-likeness (QED) is 0.797. The summed E-state index contributed by atoms with van der Waals surface area (Å²) in [4.78, 5) is 15.6. The van der Waals surface area contributed by atoms with Gasteiger partial charge in [0.05, 0.1) is 17.8 Å². The second kappa shape index (κ2) is 5.40. The molecule has 0 aliphatic rings. The minimum absolute atomic E-state index is 0.0987. The van der Waals surface area contributed by atoms with E-state index in [4.69, 9.17) is 10.1 Å². The van der Waals surface area contributed by atoms with Crippen molar-refractivity contribution in [1.82, 2.24) is 9.38 Å². The molecule has 0 radical (unpaired) electrons. The van der Waals surface area contributed by atoms with Crippen LogP contribution in [0.2, 0.25) is 0 Å². The Kier molecular flexibility index (Phi) is 3.44. The minimum atomic E-state index is -0.795. The molecule has 3 rings (SSSR count). The van der Waals surface area contributed by atoms with Crippen LogP contribution in [0.5, 0.6) is 0 Å². The fourth-order valence-corrected chi connectivity index (χ4v) is 2.49. The first-order valence-electron chi connectivity index (χ1n) is 6.90. The molecule has 0 saturated carbocycles. The number of aliphatic carboxylic acids is 1. The molecule has 0 fully saturated rings. The molecule has 0 aliphatic carbocycles. The lowest BCUT2D eigenvalue weighted by molar-refractivity contribution is -0.136. The predicted molar refractivity (Wildman–Crippen MR) is 81.3 cm³/mol. The summed E-state index contributed by atoms with van der Waals surface area (Å²) in [5, 5.41) is 8.96. The Morgan fingerprint density at radius 1 is 1.24 bits per heavy atom. The van der Waals surface area contributed by atoms with Gasteiger partial charge in [0.2, 0.25) is 0 Å². The number of nitrogens with zero attached hydrogens (tertiary/aromatic N) is 2. The summed E-state index contributed by atoms with van der Waals surface area (Å²) in [5.74, 6) is -0.795. The number of pyridine rings is 1. The van der Waals surface area contributed by atoms with E-state index in [9.17, 15) is 4.79 Å². The number of hydrogen-bond donors (Lipinski definition) is 1. The van der Waals surface area contributed by atoms with Crippen LogP contribution in [-0.2, 0) is 11.2 Å². The van der Waals surface area contributed by atoms with Gasteiger partial charge in [-0.15, -0.1) is 0 Å². The second-order valence-electron chi connectivity index (χ2n) is 5.10. The molecular weight excluding hydrogens is 264 g/mol. The molecule has 0 amide bonds. The van der Waals surface area contributed by atoms with Gasteiger partial charge >= 0.3 is 5.97 Å². The van der Waals surface area contributed by atoms with E-state index < -0.39 is 5.97 Å². The first kappa shape index (κ1) is 13.4. The Bertz CT molecular complexity index is 791. The zero-order valence-corrected chi connectivity index (χ0v) is 11.8. The maximum Gasteiger partial charge on any atom is 0.303 e. The van der Waals surface area contributed by atoms with Gasteiger partial charge < -0.3 is 9.51 Å². The van der Waals surface area contributed by atoms with Crippen LogP contribution < -0.4 is 0 Å². The van der Waals surface area contributed by atoms with Crippen molar-refractivity contribution in [3.05, 3.63) is 59.9 Å². The third kappa shape index (κ3) is 2.65. The van der Waals surface area contributed by atoms with E-state index in [-0.39, 0.29) is 6.42 Å². The van der Waals surface area contributed by atoms with E-state index in [2.05, 4.69) is 0 Å². The van der Waals surface area contributed by atoms with E-state index in [1.807, 2.05) is 60.0 Å². The molecule has 0 atom stereocenters. The number of carboxylic acid groups (broad SMARTS) is 1. The molecule has 4 nitrogen and oxygen atoms in total. The summed E-state index contributed by atoms with van der Waals surface area (Å²) in [6, 6.07) is 13.9. The predicted octanol–water partition coefficient (Wildman–Crippen LogP) is 3.33. The van der Waals surface area contributed by atoms with Crippen molar-refractivity contribution in [2.24, 2.45) is 0 Å². The second-order valence-corrected chi connectivity index (χ2v) is 5.10. The number of imidazole rings is 1. The monoisotopic (exact) mass is 280 g/mol. The zero-order valence-electron chi connectivity index (χ0n) is 11.8. The maximum atomic E-state index is 10.9. The van der Waals surface area contributed by atoms with Gasteiger partial charge in [0.1, 0.15) is 5.65 Å². The molecule has 2 aromatic heterocycles. The van der Waals surface area contributed by atoms with Gasteiger partial charge in [0.25, 0.3) is 0 Å². The van der Waals surface area contributed by atoms with Gasteiger partial charge in [-0.25, -0.2) is 4.98 Å². The van der Waals surface area contributed by atoms with Gasteiger partial charge in [0.15, 0.2) is 0 Å². The maximum absolute atomic E-state index is 10.9. The summed E-state index contributed by atoms with van der Waals surface area (Å²) < 4.78 is 1.98. The van der Waals surface area contributed by atoms with Crippen molar-refractivity contribution in [2.45, 2.75) is 19.8 Å². The topological polar surface area (TPSA) is 54.6 Å². The Hall–Kier alpha value is -2.62. The number of rotatable bonds is 4. The molecule has 0 aliphatic heterocycles. The standard InChI is InChI=1S/C17H16N2O2/c1-12-9-10-19-14(7-8-16(20)21)17(18-15(19)11-12)13-5-3-2-4-6-13/h2-6,9-11H,7-8H2,1H3,(H,20,21). The van der Waals surface area contributed by atoms with Crippen molar-refractivity contribution in [3.63, 3.8) is 0 Å². The van der Waals surface area contributed by atoms with E-state index >= 15 is 0 Å². The van der Waals surface area contributed by atoms with E-state index in [0.717, 1.165) is 28.2 Å². The third-order valence-electron chi connectivity index (χ3n) is 3.50. The fraction of sp³-hybridized carbons (Fsp3) is 0.176. The lowest BCUT2D eigenvalue weighted by Crippen LogP contribution is -2.01. The molecule has 3 aromatic rings. The van der Waals surface area contributed by atoms with Crippen molar-refractivity contribution < 1.29 is 9.90 Å². The zero-order chi connectivity index (χ0) is 14.8. The number of carboxylic acids is 1. The number of carbonyl (C=O) groups is 1. The van der Waals surface area contributed by atoms with Crippen LogP contribution in [0.15, 0.2) is 48.7 Å². The number of fused-ring (bicyclic) bond motifs is 1. The van der Waals surface area contributed by atoms with Gasteiger partial charge in [-0.2, -0.15) is 0 Å². The van der Waals surface area contributed by atoms with Crippen LogP contribution in [0.1, 0.15) is 17.7 Å². The molecule has 0 unspecified atom stereocenters. The van der Waals surface area contributed by atoms with Crippen LogP contribution in [0.25, 0.3) is 16.9 Å². The number of hydrogen-bond acceptors (Lipinski definition) is 2. The SMILES string of the molecule is Cc1ccn2c(CCC(=O)O)c(-c3ccccc3)nc2c1. The molecule has 0 spiro atoms. The number of aromatic nitrogens is 2. The molecule has 0 bridgehead atoms. The highest BCUT2D eigenvalue weighted by Gasteiger charge is 2.14. The Morgan fingerprint density at radius 2 is 2.00 bits per heavy atom. The van der Waals surface area contributed by atoms with Crippen LogP contribution in [0, 0.1) is 6.92 Å². The molecule has 21 heavy (non-hydrogen) atoms. The summed E-state index contributed by atoms with van der Waals surface area (Å²) >= 11 is 0. The molecule has 2 heterocycles. The van der Waals surface area contributed by atoms with Gasteiger partial charge in [-0.3, -0.25) is 4.79 Å². The van der Waals surface area contributed by atoms with E-state index in [1.54, 1.807) is 0 Å². The largest absolute Gasteiger partial charge is 0.481 e. The first-order chi connectivity index (χ1) is 10.1. The van der Waals surface area contributed by atoms with Crippen LogP contribution >= 0.6 is 0 Å². The summed E-state index contributed by atoms with van der Waals surface area (Å²) in [5.41, 5.74) is 4.81. The van der Waals surface area contributed by atoms with Gasteiger partial charge in [-0.05, 0) is 24.6 Å². The molecule has 0 saturated heterocycles. The lowest BCUT2D eigenvalue weighted by Gasteiger charge is -2.04. The van der Waals surface area contributed by atoms with Crippen molar-refractivity contribution in [2.75, 3.05) is 0 Å². The lowest BCUT2D eigenvalue weighted by atomic mass is 10.1. The van der Waals surface area contributed by atoms with Gasteiger partial charge in [0, 0.05) is 18.2 Å². The fourth-order valence-electron chi connectivity index (χ4n) is 2.49.